The van der Waals surface area contributed by atoms with Crippen molar-refractivity contribution in [1.82, 2.24) is 5.01 Å². The lowest BCUT2D eigenvalue weighted by Gasteiger charge is -2.34. The lowest BCUT2D eigenvalue weighted by molar-refractivity contribution is -0.929. The average molecular weight is 423 g/mol. The van der Waals surface area contributed by atoms with Gasteiger partial charge in [-0.15, -0.1) is 0 Å². The van der Waals surface area contributed by atoms with Crippen LogP contribution in [0.3, 0.4) is 0 Å². The first-order valence-electron chi connectivity index (χ1n) is 9.98. The number of quaternary nitrogens is 1. The molecule has 0 aromatic heterocycles. The van der Waals surface area contributed by atoms with Gasteiger partial charge in [-0.1, -0.05) is 83.9 Å². The Morgan fingerprint density at radius 2 is 1.45 bits per heavy atom. The van der Waals surface area contributed by atoms with Crippen LogP contribution < -0.4 is 4.90 Å². The van der Waals surface area contributed by atoms with Crippen molar-refractivity contribution < 1.29 is 4.90 Å². The molecule has 0 spiro atoms. The smallest absolute Gasteiger partial charge is 0.140 e. The highest BCUT2D eigenvalue weighted by Gasteiger charge is 2.37. The van der Waals surface area contributed by atoms with Crippen LogP contribution in [0.15, 0.2) is 71.8 Å². The summed E-state index contributed by atoms with van der Waals surface area (Å²) in [6.45, 7) is 3.94. The zero-order chi connectivity index (χ0) is 19.8. The molecule has 1 fully saturated rings. The number of fused-ring (bicyclic) bond motifs is 3. The topological polar surface area (TPSA) is 20.0 Å². The Labute approximate surface area is 181 Å². The van der Waals surface area contributed by atoms with Gasteiger partial charge in [-0.05, 0) is 17.2 Å². The van der Waals surface area contributed by atoms with E-state index in [2.05, 4.69) is 58.6 Å². The Morgan fingerprint density at radius 1 is 0.828 bits per heavy atom. The predicted molar refractivity (Wildman–Crippen MR) is 120 cm³/mol. The van der Waals surface area contributed by atoms with Gasteiger partial charge in [0.1, 0.15) is 6.04 Å². The summed E-state index contributed by atoms with van der Waals surface area (Å²) < 4.78 is 0. The molecule has 0 saturated carbocycles. The quantitative estimate of drug-likeness (QED) is 0.623. The van der Waals surface area contributed by atoms with Gasteiger partial charge in [0.25, 0.3) is 0 Å². The van der Waals surface area contributed by atoms with Crippen LogP contribution in [0.2, 0.25) is 10.0 Å². The maximum absolute atomic E-state index is 6.27. The monoisotopic (exact) mass is 422 g/mol. The van der Waals surface area contributed by atoms with Crippen LogP contribution in [0.4, 0.5) is 0 Å². The standard InChI is InChI=1S/C24H21Cl2N3/c25-22-11-5-6-17(23(22)26)16-27-29-14-12-28(13-15-29)24-20-9-3-1-7-18(20)19-8-2-4-10-21(19)24/h1-11,16,24H,12-15H2/p+1/b27-16+. The first kappa shape index (κ1) is 18.7. The third-order valence-corrected chi connectivity index (χ3v) is 6.80. The van der Waals surface area contributed by atoms with Crippen molar-refractivity contribution in [3.05, 3.63) is 93.5 Å². The van der Waals surface area contributed by atoms with Gasteiger partial charge in [-0.2, -0.15) is 5.10 Å². The van der Waals surface area contributed by atoms with Crippen LogP contribution in [0.5, 0.6) is 0 Å². The fraction of sp³-hybridized carbons (Fsp3) is 0.208. The minimum absolute atomic E-state index is 0.413. The maximum atomic E-state index is 6.27. The highest BCUT2D eigenvalue weighted by atomic mass is 35.5. The molecule has 1 saturated heterocycles. The summed E-state index contributed by atoms with van der Waals surface area (Å²) in [4.78, 5) is 1.61. The van der Waals surface area contributed by atoms with Gasteiger partial charge in [0, 0.05) is 16.7 Å². The Balaban J connectivity index is 1.32. The predicted octanol–water partition coefficient (Wildman–Crippen LogP) is 4.30. The van der Waals surface area contributed by atoms with Crippen molar-refractivity contribution in [3.8, 4) is 11.1 Å². The second kappa shape index (κ2) is 7.83. The molecule has 0 unspecified atom stereocenters. The van der Waals surface area contributed by atoms with Crippen molar-refractivity contribution in [3.63, 3.8) is 0 Å². The van der Waals surface area contributed by atoms with E-state index in [9.17, 15) is 0 Å². The second-order valence-electron chi connectivity index (χ2n) is 7.61. The summed E-state index contributed by atoms with van der Waals surface area (Å²) in [6, 6.07) is 23.7. The van der Waals surface area contributed by atoms with E-state index in [0.717, 1.165) is 31.7 Å². The van der Waals surface area contributed by atoms with E-state index >= 15 is 0 Å². The number of benzene rings is 3. The molecular formula is C24H22Cl2N3+. The minimum Gasteiger partial charge on any atom is -0.322 e. The molecule has 0 atom stereocenters. The zero-order valence-corrected chi connectivity index (χ0v) is 17.5. The van der Waals surface area contributed by atoms with Crippen LogP contribution >= 0.6 is 23.2 Å². The number of nitrogens with one attached hydrogen (secondary N) is 1. The van der Waals surface area contributed by atoms with E-state index in [0.29, 0.717) is 16.1 Å². The molecule has 3 nitrogen and oxygen atoms in total. The molecule has 0 bridgehead atoms. The molecule has 146 valence electrons. The molecule has 1 aliphatic heterocycles. The summed E-state index contributed by atoms with van der Waals surface area (Å²) in [5.41, 5.74) is 6.53. The van der Waals surface area contributed by atoms with Crippen molar-refractivity contribution >= 4 is 29.4 Å². The number of nitrogens with zero attached hydrogens (tertiary/aromatic N) is 2. The second-order valence-corrected chi connectivity index (χ2v) is 8.39. The van der Waals surface area contributed by atoms with E-state index in [1.165, 1.54) is 22.3 Å². The van der Waals surface area contributed by atoms with Crippen LogP contribution in [0.25, 0.3) is 11.1 Å². The van der Waals surface area contributed by atoms with Crippen LogP contribution in [0.1, 0.15) is 22.7 Å². The van der Waals surface area contributed by atoms with Crippen molar-refractivity contribution in [2.45, 2.75) is 6.04 Å². The summed E-state index contributed by atoms with van der Waals surface area (Å²) in [5.74, 6) is 0. The lowest BCUT2D eigenvalue weighted by atomic mass is 10.0. The molecule has 0 amide bonds. The van der Waals surface area contributed by atoms with E-state index < -0.39 is 0 Å². The van der Waals surface area contributed by atoms with Gasteiger partial charge in [-0.25, -0.2) is 0 Å². The Bertz CT molecular complexity index is 1030. The van der Waals surface area contributed by atoms with Crippen molar-refractivity contribution in [2.24, 2.45) is 5.10 Å². The highest BCUT2D eigenvalue weighted by Crippen LogP contribution is 2.41. The summed E-state index contributed by atoms with van der Waals surface area (Å²) in [5, 5.41) is 7.90. The fourth-order valence-corrected chi connectivity index (χ4v) is 4.90. The Morgan fingerprint density at radius 3 is 2.10 bits per heavy atom. The summed E-state index contributed by atoms with van der Waals surface area (Å²) in [6.07, 6.45) is 1.82. The molecule has 1 N–H and O–H groups in total. The van der Waals surface area contributed by atoms with Crippen LogP contribution in [0, 0.1) is 0 Å². The Hall–Kier alpha value is -2.33. The van der Waals surface area contributed by atoms with Gasteiger partial charge >= 0.3 is 0 Å². The molecule has 5 heteroatoms. The molecule has 0 radical (unpaired) electrons. The molecule has 3 aromatic carbocycles. The number of piperazine rings is 1. The molecule has 1 heterocycles. The molecule has 5 rings (SSSR count). The van der Waals surface area contributed by atoms with Crippen LogP contribution in [-0.4, -0.2) is 37.4 Å². The first-order valence-corrected chi connectivity index (χ1v) is 10.7. The van der Waals surface area contributed by atoms with Gasteiger partial charge in [0.15, 0.2) is 0 Å². The summed E-state index contributed by atoms with van der Waals surface area (Å²) in [7, 11) is 0. The van der Waals surface area contributed by atoms with Crippen molar-refractivity contribution in [1.29, 1.82) is 0 Å². The highest BCUT2D eigenvalue weighted by molar-refractivity contribution is 6.43. The average Bonchev–Trinajstić information content (AvgIpc) is 3.10. The summed E-state index contributed by atoms with van der Waals surface area (Å²) >= 11 is 12.4. The van der Waals surface area contributed by atoms with Gasteiger partial charge in [-0.3, -0.25) is 5.01 Å². The number of halogens is 2. The molecule has 1 aliphatic carbocycles. The van der Waals surface area contributed by atoms with E-state index in [4.69, 9.17) is 23.2 Å². The number of hydrazone groups is 1. The van der Waals surface area contributed by atoms with Gasteiger partial charge in [0.05, 0.1) is 42.4 Å². The molecule has 2 aliphatic rings. The molecule has 29 heavy (non-hydrogen) atoms. The lowest BCUT2D eigenvalue weighted by Crippen LogP contribution is -3.14. The maximum Gasteiger partial charge on any atom is 0.140 e. The fourth-order valence-electron chi connectivity index (χ4n) is 4.55. The van der Waals surface area contributed by atoms with E-state index in [-0.39, 0.29) is 0 Å². The number of hydrogen-bond acceptors (Lipinski definition) is 2. The minimum atomic E-state index is 0.413. The molecule has 3 aromatic rings. The third kappa shape index (κ3) is 3.44. The normalized spacial score (nSPS) is 17.0. The largest absolute Gasteiger partial charge is 0.322 e. The van der Waals surface area contributed by atoms with Crippen LogP contribution in [-0.2, 0) is 0 Å². The van der Waals surface area contributed by atoms with Gasteiger partial charge in [0.2, 0.25) is 0 Å². The van der Waals surface area contributed by atoms with E-state index in [1.54, 1.807) is 11.0 Å². The van der Waals surface area contributed by atoms with Crippen molar-refractivity contribution in [2.75, 3.05) is 26.2 Å². The third-order valence-electron chi connectivity index (χ3n) is 5.97. The number of rotatable bonds is 3. The van der Waals surface area contributed by atoms with E-state index in [1.807, 2.05) is 18.3 Å². The molecular weight excluding hydrogens is 401 g/mol. The zero-order valence-electron chi connectivity index (χ0n) is 16.0. The van der Waals surface area contributed by atoms with Gasteiger partial charge < -0.3 is 4.90 Å². The number of hydrogen-bond donors (Lipinski definition) is 1. The Kier molecular flexibility index (Phi) is 5.04. The SMILES string of the molecule is Clc1cccc(/C=N/N2CC[NH+](C3c4ccccc4-c4ccccc43)CC2)c1Cl. The first-order chi connectivity index (χ1) is 14.2.